The number of benzene rings is 2. The number of H-pyrrole nitrogens is 1. The highest BCUT2D eigenvalue weighted by atomic mass is 32.2. The molecule has 0 fully saturated rings. The summed E-state index contributed by atoms with van der Waals surface area (Å²) >= 11 is 1.53. The zero-order chi connectivity index (χ0) is 32.2. The highest BCUT2D eigenvalue weighted by Gasteiger charge is 2.31. The van der Waals surface area contributed by atoms with Crippen LogP contribution in [-0.4, -0.2) is 81.0 Å². The van der Waals surface area contributed by atoms with Crippen molar-refractivity contribution in [3.63, 3.8) is 0 Å². The molecule has 0 aliphatic heterocycles. The first kappa shape index (κ1) is 33.9. The lowest BCUT2D eigenvalue weighted by Crippen LogP contribution is -2.58. The molecule has 1 heterocycles. The Morgan fingerprint density at radius 3 is 2.16 bits per heavy atom. The van der Waals surface area contributed by atoms with Crippen LogP contribution in [-0.2, 0) is 36.8 Å². The van der Waals surface area contributed by atoms with Crippen LogP contribution in [0.2, 0.25) is 0 Å². The van der Waals surface area contributed by atoms with Crippen LogP contribution in [0.5, 0.6) is 5.75 Å². The average Bonchev–Trinajstić information content (AvgIpc) is 3.40. The van der Waals surface area contributed by atoms with Gasteiger partial charge in [-0.1, -0.05) is 30.3 Å². The Balaban J connectivity index is 1.83. The maximum absolute atomic E-state index is 13.7. The van der Waals surface area contributed by atoms with E-state index in [0.717, 1.165) is 16.5 Å². The Labute approximate surface area is 258 Å². The number of hydrogen-bond donors (Lipinski definition) is 8. The second-order valence-electron chi connectivity index (χ2n) is 10.3. The molecular formula is C30H38N6O7S. The van der Waals surface area contributed by atoms with Crippen molar-refractivity contribution in [2.45, 2.75) is 56.3 Å². The number of thioether (sulfide) groups is 1. The molecule has 3 aromatic rings. The van der Waals surface area contributed by atoms with Gasteiger partial charge in [-0.2, -0.15) is 11.8 Å². The van der Waals surface area contributed by atoms with Gasteiger partial charge in [-0.15, -0.1) is 0 Å². The van der Waals surface area contributed by atoms with E-state index in [0.29, 0.717) is 17.7 Å². The molecule has 0 aliphatic carbocycles. The van der Waals surface area contributed by atoms with Crippen molar-refractivity contribution >= 4 is 52.3 Å². The molecule has 4 atom stereocenters. The zero-order valence-corrected chi connectivity index (χ0v) is 25.1. The minimum absolute atomic E-state index is 0.00150. The number of aromatic nitrogens is 1. The number of aromatic hydroxyl groups is 1. The molecule has 3 rings (SSSR count). The molecule has 1 aromatic heterocycles. The summed E-state index contributed by atoms with van der Waals surface area (Å²) in [6.07, 6.45) is 3.46. The molecule has 0 saturated heterocycles. The van der Waals surface area contributed by atoms with Crippen molar-refractivity contribution in [1.82, 2.24) is 20.9 Å². The van der Waals surface area contributed by atoms with Crippen molar-refractivity contribution in [2.24, 2.45) is 11.5 Å². The second kappa shape index (κ2) is 16.3. The minimum atomic E-state index is -1.38. The summed E-state index contributed by atoms with van der Waals surface area (Å²) < 4.78 is 0. The summed E-state index contributed by atoms with van der Waals surface area (Å²) in [6.45, 7) is 0. The lowest BCUT2D eigenvalue weighted by atomic mass is 10.0. The number of fused-ring (bicyclic) bond motifs is 1. The number of phenolic OH excluding ortho intramolecular Hbond substituents is 1. The molecule has 0 spiro atoms. The number of rotatable bonds is 17. The van der Waals surface area contributed by atoms with E-state index < -0.39 is 53.8 Å². The maximum Gasteiger partial charge on any atom is 0.326 e. The lowest BCUT2D eigenvalue weighted by Gasteiger charge is -2.25. The molecule has 10 N–H and O–H groups in total. The first-order valence-corrected chi connectivity index (χ1v) is 15.4. The second-order valence-corrected chi connectivity index (χ2v) is 11.3. The van der Waals surface area contributed by atoms with E-state index in [9.17, 15) is 34.2 Å². The van der Waals surface area contributed by atoms with Crippen molar-refractivity contribution in [3.05, 3.63) is 65.9 Å². The van der Waals surface area contributed by atoms with Crippen molar-refractivity contribution in [3.8, 4) is 5.75 Å². The van der Waals surface area contributed by atoms with Crippen molar-refractivity contribution in [1.29, 1.82) is 0 Å². The standard InChI is InChI=1S/C30H38N6O7S/c1-44-13-12-21(31)27(39)35-24(15-18-16-33-22-5-3-2-4-20(18)22)29(41)34-23(10-11-26(32)38)28(40)36-25(30(42)43)14-17-6-8-19(37)9-7-17/h2-9,16,21,23-25,33,37H,10-15,31H2,1H3,(H2,32,38)(H,34,41)(H,35,39)(H,36,40)(H,42,43). The highest BCUT2D eigenvalue weighted by molar-refractivity contribution is 7.98. The number of aliphatic carboxylic acids is 1. The third-order valence-corrected chi connectivity index (χ3v) is 7.65. The maximum atomic E-state index is 13.7. The van der Waals surface area contributed by atoms with Gasteiger partial charge < -0.3 is 42.6 Å². The summed E-state index contributed by atoms with van der Waals surface area (Å²) in [6, 6.07) is 8.50. The molecule has 0 bridgehead atoms. The number of primary amides is 1. The summed E-state index contributed by atoms with van der Waals surface area (Å²) in [4.78, 5) is 66.6. The Kier molecular flexibility index (Phi) is 12.6. The number of amides is 4. The molecule has 13 nitrogen and oxygen atoms in total. The van der Waals surface area contributed by atoms with Crippen molar-refractivity contribution in [2.75, 3.05) is 12.0 Å². The van der Waals surface area contributed by atoms with Gasteiger partial charge in [0.25, 0.3) is 0 Å². The van der Waals surface area contributed by atoms with E-state index in [4.69, 9.17) is 11.5 Å². The number of para-hydroxylation sites is 1. The highest BCUT2D eigenvalue weighted by Crippen LogP contribution is 2.19. The summed E-state index contributed by atoms with van der Waals surface area (Å²) in [5, 5.41) is 27.8. The molecular weight excluding hydrogens is 588 g/mol. The smallest absolute Gasteiger partial charge is 0.326 e. The largest absolute Gasteiger partial charge is 0.508 e. The van der Waals surface area contributed by atoms with Crippen molar-refractivity contribution < 1.29 is 34.2 Å². The monoisotopic (exact) mass is 626 g/mol. The predicted octanol–water partition coefficient (Wildman–Crippen LogP) is 0.544. The van der Waals surface area contributed by atoms with E-state index in [-0.39, 0.29) is 31.4 Å². The molecule has 4 unspecified atom stereocenters. The number of carboxylic acids is 1. The van der Waals surface area contributed by atoms with Gasteiger partial charge in [-0.05, 0) is 54.2 Å². The first-order chi connectivity index (χ1) is 21.0. The predicted molar refractivity (Wildman–Crippen MR) is 167 cm³/mol. The Bertz CT molecular complexity index is 1460. The van der Waals surface area contributed by atoms with Crippen LogP contribution in [0.3, 0.4) is 0 Å². The van der Waals surface area contributed by atoms with Gasteiger partial charge in [0.2, 0.25) is 23.6 Å². The fourth-order valence-electron chi connectivity index (χ4n) is 4.55. The number of aromatic amines is 1. The number of carbonyl (C=O) groups excluding carboxylic acids is 4. The number of nitrogens with one attached hydrogen (secondary N) is 4. The van der Waals surface area contributed by atoms with Crippen LogP contribution in [0, 0.1) is 0 Å². The van der Waals surface area contributed by atoms with Gasteiger partial charge in [0, 0.05) is 36.4 Å². The zero-order valence-electron chi connectivity index (χ0n) is 24.2. The first-order valence-electron chi connectivity index (χ1n) is 14.0. The fourth-order valence-corrected chi connectivity index (χ4v) is 5.04. The molecule has 14 heteroatoms. The SMILES string of the molecule is CSCCC(N)C(=O)NC(Cc1c[nH]c2ccccc12)C(=O)NC(CCC(N)=O)C(=O)NC(Cc1ccc(O)cc1)C(=O)O. The Morgan fingerprint density at radius 2 is 1.50 bits per heavy atom. The van der Waals surface area contributed by atoms with E-state index >= 15 is 0 Å². The van der Waals surface area contributed by atoms with Gasteiger partial charge >= 0.3 is 5.97 Å². The molecule has 4 amide bonds. The van der Waals surface area contributed by atoms with E-state index in [2.05, 4.69) is 20.9 Å². The van der Waals surface area contributed by atoms with Gasteiger partial charge in [0.05, 0.1) is 6.04 Å². The van der Waals surface area contributed by atoms with Crippen LogP contribution in [0.15, 0.2) is 54.7 Å². The molecule has 44 heavy (non-hydrogen) atoms. The third-order valence-electron chi connectivity index (χ3n) is 7.00. The number of phenols is 1. The number of hydrogen-bond acceptors (Lipinski definition) is 8. The summed E-state index contributed by atoms with van der Waals surface area (Å²) in [5.41, 5.74) is 13.5. The summed E-state index contributed by atoms with van der Waals surface area (Å²) in [5.74, 6) is -3.53. The Hall–Kier alpha value is -4.56. The quantitative estimate of drug-likeness (QED) is 0.104. The van der Waals surface area contributed by atoms with Gasteiger partial charge in [-0.25, -0.2) is 4.79 Å². The van der Waals surface area contributed by atoms with Crippen LogP contribution < -0.4 is 27.4 Å². The lowest BCUT2D eigenvalue weighted by molar-refractivity contribution is -0.142. The normalized spacial score (nSPS) is 13.8. The van der Waals surface area contributed by atoms with Crippen LogP contribution >= 0.6 is 11.8 Å². The van der Waals surface area contributed by atoms with E-state index in [1.54, 1.807) is 6.20 Å². The number of nitrogens with two attached hydrogens (primary N) is 2. The van der Waals surface area contributed by atoms with Crippen LogP contribution in [0.4, 0.5) is 0 Å². The molecule has 2 aromatic carbocycles. The third kappa shape index (κ3) is 10.0. The van der Waals surface area contributed by atoms with Gasteiger partial charge in [0.1, 0.15) is 23.9 Å². The number of carbonyl (C=O) groups is 5. The van der Waals surface area contributed by atoms with Crippen LogP contribution in [0.25, 0.3) is 10.9 Å². The Morgan fingerprint density at radius 1 is 0.864 bits per heavy atom. The van der Waals surface area contributed by atoms with Gasteiger partial charge in [0.15, 0.2) is 0 Å². The van der Waals surface area contributed by atoms with Gasteiger partial charge in [-0.3, -0.25) is 19.2 Å². The van der Waals surface area contributed by atoms with E-state index in [1.807, 2.05) is 30.5 Å². The topological polar surface area (TPSA) is 230 Å². The van der Waals surface area contributed by atoms with Crippen LogP contribution in [0.1, 0.15) is 30.4 Å². The molecule has 0 aliphatic rings. The minimum Gasteiger partial charge on any atom is -0.508 e. The molecule has 0 saturated carbocycles. The van der Waals surface area contributed by atoms with E-state index in [1.165, 1.54) is 36.0 Å². The average molecular weight is 627 g/mol. The molecule has 0 radical (unpaired) electrons. The number of carboxylic acid groups (broad SMARTS) is 1. The molecule has 236 valence electrons. The summed E-state index contributed by atoms with van der Waals surface area (Å²) in [7, 11) is 0. The fraction of sp³-hybridized carbons (Fsp3) is 0.367.